The Morgan fingerprint density at radius 1 is 1.05 bits per heavy atom. The number of hydrogen-bond acceptors (Lipinski definition) is 4. The number of benzene rings is 2. The zero-order valence-electron chi connectivity index (χ0n) is 10.9. The van der Waals surface area contributed by atoms with E-state index in [4.69, 9.17) is 10.5 Å². The van der Waals surface area contributed by atoms with E-state index >= 15 is 0 Å². The van der Waals surface area contributed by atoms with Gasteiger partial charge in [0.25, 0.3) is 10.0 Å². The maximum atomic E-state index is 12.0. The van der Waals surface area contributed by atoms with Crippen molar-refractivity contribution >= 4 is 21.9 Å². The molecule has 6 heteroatoms. The summed E-state index contributed by atoms with van der Waals surface area (Å²) >= 11 is 0. The average Bonchev–Trinajstić information content (AvgIpc) is 2.46. The van der Waals surface area contributed by atoms with Crippen LogP contribution in [0, 0.1) is 0 Å². The molecule has 0 spiro atoms. The molecule has 0 aromatic heterocycles. The summed E-state index contributed by atoms with van der Waals surface area (Å²) < 4.78 is 32.6. The molecule has 0 aliphatic heterocycles. The highest BCUT2D eigenvalue weighted by Gasteiger charge is 2.10. The van der Waals surface area contributed by atoms with Crippen molar-refractivity contribution in [2.45, 2.75) is 4.90 Å². The lowest BCUT2D eigenvalue weighted by molar-refractivity contribution is 0.415. The molecule has 0 saturated carbocycles. The number of ether oxygens (including phenoxy) is 1. The largest absolute Gasteiger partial charge is 0.497 e. The first-order valence-corrected chi connectivity index (χ1v) is 7.25. The van der Waals surface area contributed by atoms with Crippen molar-refractivity contribution in [1.82, 2.24) is 0 Å². The van der Waals surface area contributed by atoms with Crippen LogP contribution in [0.3, 0.4) is 0 Å². The molecule has 0 fully saturated rings. The SMILES string of the molecule is COc1ccc(/C=N/S(=O)(=O)c2ccc(N)cc2)cc1. The molecule has 5 nitrogen and oxygen atoms in total. The van der Waals surface area contributed by atoms with Crippen molar-refractivity contribution in [3.63, 3.8) is 0 Å². The van der Waals surface area contributed by atoms with Crippen LogP contribution >= 0.6 is 0 Å². The Hall–Kier alpha value is -2.34. The lowest BCUT2D eigenvalue weighted by Crippen LogP contribution is -1.98. The zero-order chi connectivity index (χ0) is 14.6. The molecule has 0 aliphatic carbocycles. The molecule has 0 heterocycles. The molecule has 0 saturated heterocycles. The van der Waals surface area contributed by atoms with Gasteiger partial charge in [0.15, 0.2) is 0 Å². The fraction of sp³-hybridized carbons (Fsp3) is 0.0714. The normalized spacial score (nSPS) is 11.7. The van der Waals surface area contributed by atoms with Crippen LogP contribution in [0.2, 0.25) is 0 Å². The van der Waals surface area contributed by atoms with Gasteiger partial charge in [0, 0.05) is 11.9 Å². The summed E-state index contributed by atoms with van der Waals surface area (Å²) in [5, 5.41) is 0. The Bertz CT molecular complexity index is 705. The highest BCUT2D eigenvalue weighted by atomic mass is 32.2. The first-order chi connectivity index (χ1) is 9.51. The molecule has 2 N–H and O–H groups in total. The number of methoxy groups -OCH3 is 1. The molecular weight excluding hydrogens is 276 g/mol. The van der Waals surface area contributed by atoms with E-state index in [0.29, 0.717) is 17.0 Å². The van der Waals surface area contributed by atoms with Crippen molar-refractivity contribution in [3.05, 3.63) is 54.1 Å². The van der Waals surface area contributed by atoms with Crippen LogP contribution in [0.5, 0.6) is 5.75 Å². The van der Waals surface area contributed by atoms with Crippen molar-refractivity contribution in [3.8, 4) is 5.75 Å². The maximum Gasteiger partial charge on any atom is 0.282 e. The van der Waals surface area contributed by atoms with Crippen LogP contribution in [-0.2, 0) is 10.0 Å². The van der Waals surface area contributed by atoms with Gasteiger partial charge in [-0.1, -0.05) is 0 Å². The summed E-state index contributed by atoms with van der Waals surface area (Å²) in [6.45, 7) is 0. The molecule has 104 valence electrons. The molecule has 20 heavy (non-hydrogen) atoms. The van der Waals surface area contributed by atoms with Crippen molar-refractivity contribution in [2.75, 3.05) is 12.8 Å². The number of nitrogens with zero attached hydrogens (tertiary/aromatic N) is 1. The van der Waals surface area contributed by atoms with E-state index in [1.54, 1.807) is 31.4 Å². The second kappa shape index (κ2) is 5.75. The first-order valence-electron chi connectivity index (χ1n) is 5.81. The molecule has 2 rings (SSSR count). The average molecular weight is 290 g/mol. The van der Waals surface area contributed by atoms with E-state index in [2.05, 4.69) is 4.40 Å². The molecule has 2 aromatic rings. The molecule has 0 bridgehead atoms. The van der Waals surface area contributed by atoms with E-state index in [0.717, 1.165) is 0 Å². The second-order valence-corrected chi connectivity index (χ2v) is 5.68. The van der Waals surface area contributed by atoms with Crippen LogP contribution < -0.4 is 10.5 Å². The van der Waals surface area contributed by atoms with E-state index in [1.165, 1.54) is 30.5 Å². The summed E-state index contributed by atoms with van der Waals surface area (Å²) in [5.41, 5.74) is 6.69. The Balaban J connectivity index is 2.22. The molecular formula is C14H14N2O3S. The van der Waals surface area contributed by atoms with Crippen LogP contribution in [0.25, 0.3) is 0 Å². The van der Waals surface area contributed by atoms with Gasteiger partial charge in [-0.05, 0) is 54.1 Å². The number of sulfonamides is 1. The topological polar surface area (TPSA) is 81.8 Å². The Morgan fingerprint density at radius 3 is 2.20 bits per heavy atom. The fourth-order valence-corrected chi connectivity index (χ4v) is 2.38. The van der Waals surface area contributed by atoms with Crippen LogP contribution in [-0.4, -0.2) is 21.7 Å². The van der Waals surface area contributed by atoms with Crippen LogP contribution in [0.4, 0.5) is 5.69 Å². The predicted molar refractivity (Wildman–Crippen MR) is 78.6 cm³/mol. The third-order valence-corrected chi connectivity index (χ3v) is 3.89. The maximum absolute atomic E-state index is 12.0. The first kappa shape index (κ1) is 14.1. The van der Waals surface area contributed by atoms with Gasteiger partial charge in [-0.2, -0.15) is 12.8 Å². The summed E-state index contributed by atoms with van der Waals surface area (Å²) in [6.07, 6.45) is 1.30. The van der Waals surface area contributed by atoms with E-state index in [1.807, 2.05) is 0 Å². The van der Waals surface area contributed by atoms with Gasteiger partial charge < -0.3 is 10.5 Å². The van der Waals surface area contributed by atoms with Crippen molar-refractivity contribution in [2.24, 2.45) is 4.40 Å². The smallest absolute Gasteiger partial charge is 0.282 e. The molecule has 0 aliphatic rings. The van der Waals surface area contributed by atoms with Crippen LogP contribution in [0.1, 0.15) is 5.56 Å². The highest BCUT2D eigenvalue weighted by molar-refractivity contribution is 7.90. The van der Waals surface area contributed by atoms with Crippen molar-refractivity contribution in [1.29, 1.82) is 0 Å². The number of hydrogen-bond donors (Lipinski definition) is 1. The number of anilines is 1. The molecule has 0 unspecified atom stereocenters. The molecule has 0 radical (unpaired) electrons. The van der Waals surface area contributed by atoms with E-state index in [-0.39, 0.29) is 4.90 Å². The minimum atomic E-state index is -3.71. The Morgan fingerprint density at radius 2 is 1.65 bits per heavy atom. The van der Waals surface area contributed by atoms with E-state index < -0.39 is 10.0 Å². The third kappa shape index (κ3) is 3.36. The van der Waals surface area contributed by atoms with Gasteiger partial charge in [0.05, 0.1) is 12.0 Å². The number of nitrogens with two attached hydrogens (primary N) is 1. The van der Waals surface area contributed by atoms with Gasteiger partial charge >= 0.3 is 0 Å². The standard InChI is InChI=1S/C14H14N2O3S/c1-19-13-6-2-11(3-7-13)10-16-20(17,18)14-8-4-12(15)5-9-14/h2-10H,15H2,1H3/b16-10+. The monoisotopic (exact) mass is 290 g/mol. The van der Waals surface area contributed by atoms with Crippen molar-refractivity contribution < 1.29 is 13.2 Å². The van der Waals surface area contributed by atoms with Crippen LogP contribution in [0.15, 0.2) is 57.8 Å². The minimum Gasteiger partial charge on any atom is -0.497 e. The van der Waals surface area contributed by atoms with Gasteiger partial charge in [-0.25, -0.2) is 0 Å². The quantitative estimate of drug-likeness (QED) is 0.690. The Kier molecular flexibility index (Phi) is 4.05. The highest BCUT2D eigenvalue weighted by Crippen LogP contribution is 2.15. The Labute approximate surface area is 117 Å². The lowest BCUT2D eigenvalue weighted by atomic mass is 10.2. The summed E-state index contributed by atoms with van der Waals surface area (Å²) in [5.74, 6) is 0.698. The molecule has 0 atom stereocenters. The summed E-state index contributed by atoms with van der Waals surface area (Å²) in [6, 6.07) is 12.8. The van der Waals surface area contributed by atoms with Gasteiger partial charge in [0.2, 0.25) is 0 Å². The molecule has 0 amide bonds. The van der Waals surface area contributed by atoms with E-state index in [9.17, 15) is 8.42 Å². The fourth-order valence-electron chi connectivity index (χ4n) is 1.52. The summed E-state index contributed by atoms with van der Waals surface area (Å²) in [7, 11) is -2.14. The van der Waals surface area contributed by atoms with Gasteiger partial charge in [0.1, 0.15) is 5.75 Å². The third-order valence-electron chi connectivity index (χ3n) is 2.63. The van der Waals surface area contributed by atoms with Gasteiger partial charge in [-0.3, -0.25) is 0 Å². The number of rotatable bonds is 4. The molecule has 2 aromatic carbocycles. The number of nitrogen functional groups attached to an aromatic ring is 1. The predicted octanol–water partition coefficient (Wildman–Crippen LogP) is 2.09. The van der Waals surface area contributed by atoms with Gasteiger partial charge in [-0.15, -0.1) is 0 Å². The zero-order valence-corrected chi connectivity index (χ0v) is 11.7. The second-order valence-electron chi connectivity index (χ2n) is 4.05. The lowest BCUT2D eigenvalue weighted by Gasteiger charge is -2.00. The minimum absolute atomic E-state index is 0.108. The summed E-state index contributed by atoms with van der Waals surface area (Å²) in [4.78, 5) is 0.108.